The van der Waals surface area contributed by atoms with Crippen LogP contribution in [0.4, 0.5) is 0 Å². The summed E-state index contributed by atoms with van der Waals surface area (Å²) in [5.74, 6) is 2.11. The van der Waals surface area contributed by atoms with Crippen molar-refractivity contribution in [2.24, 2.45) is 0 Å². The topological polar surface area (TPSA) is 46.1 Å². The molecule has 1 rings (SSSR count). The lowest BCUT2D eigenvalue weighted by molar-refractivity contribution is -0.371. The number of hydrogen-bond donors (Lipinski definition) is 1. The summed E-state index contributed by atoms with van der Waals surface area (Å²) in [6.07, 6.45) is 0. The van der Waals surface area contributed by atoms with Crippen LogP contribution in [0.25, 0.3) is 0 Å². The zero-order chi connectivity index (χ0) is 12.0. The monoisotopic (exact) mass is 224 g/mol. The van der Waals surface area contributed by atoms with Gasteiger partial charge in [-0.15, -0.1) is 0 Å². The summed E-state index contributed by atoms with van der Waals surface area (Å²) in [5, 5.41) is 0. The summed E-state index contributed by atoms with van der Waals surface area (Å²) in [4.78, 5) is 0. The molecule has 3 N–H and O–H groups in total. The van der Waals surface area contributed by atoms with Gasteiger partial charge in [0, 0.05) is 5.92 Å². The van der Waals surface area contributed by atoms with Crippen LogP contribution in [0.1, 0.15) is 32.3 Å². The molecule has 0 fully saturated rings. The summed E-state index contributed by atoms with van der Waals surface area (Å²) in [6.45, 7) is 8.32. The summed E-state index contributed by atoms with van der Waals surface area (Å²) < 4.78 is 11.1. The average molecular weight is 224 g/mol. The second-order valence-electron chi connectivity index (χ2n) is 3.76. The molecule has 0 aliphatic heterocycles. The molecule has 16 heavy (non-hydrogen) atoms. The predicted molar refractivity (Wildman–Crippen MR) is 65.0 cm³/mol. The summed E-state index contributed by atoms with van der Waals surface area (Å²) >= 11 is 0. The van der Waals surface area contributed by atoms with Crippen LogP contribution in [0.15, 0.2) is 18.2 Å². The smallest absolute Gasteiger partial charge is 0.161 e. The van der Waals surface area contributed by atoms with Crippen LogP contribution in [0.2, 0.25) is 0 Å². The minimum Gasteiger partial charge on any atom is -0.490 e. The van der Waals surface area contributed by atoms with Gasteiger partial charge in [0.1, 0.15) is 0 Å². The first-order chi connectivity index (χ1) is 7.72. The van der Waals surface area contributed by atoms with Gasteiger partial charge in [-0.05, 0) is 31.5 Å². The Morgan fingerprint density at radius 2 is 1.75 bits per heavy atom. The fourth-order valence-corrected chi connectivity index (χ4v) is 1.54. The highest BCUT2D eigenvalue weighted by Crippen LogP contribution is 2.30. The molecule has 1 atom stereocenters. The molecule has 0 aliphatic rings. The minimum absolute atomic E-state index is 0.454. The third-order valence-corrected chi connectivity index (χ3v) is 2.57. The van der Waals surface area contributed by atoms with Gasteiger partial charge in [-0.25, -0.2) is 0 Å². The molecule has 0 heterocycles. The highest BCUT2D eigenvalue weighted by Gasteiger charge is 2.10. The van der Waals surface area contributed by atoms with Crippen molar-refractivity contribution < 1.29 is 15.2 Å². The van der Waals surface area contributed by atoms with Gasteiger partial charge in [-0.2, -0.15) is 0 Å². The van der Waals surface area contributed by atoms with Crippen LogP contribution >= 0.6 is 0 Å². The van der Waals surface area contributed by atoms with Crippen LogP contribution in [-0.4, -0.2) is 19.8 Å². The highest BCUT2D eigenvalue weighted by molar-refractivity contribution is 5.44. The van der Waals surface area contributed by atoms with Gasteiger partial charge >= 0.3 is 0 Å². The number of rotatable bonds is 6. The first kappa shape index (κ1) is 12.8. The lowest BCUT2D eigenvalue weighted by Gasteiger charge is -2.14. The van der Waals surface area contributed by atoms with E-state index in [4.69, 9.17) is 9.47 Å². The van der Waals surface area contributed by atoms with Crippen molar-refractivity contribution in [1.29, 1.82) is 0 Å². The molecule has 0 aliphatic carbocycles. The molecule has 0 saturated carbocycles. The number of hydrogen-bond acceptors (Lipinski definition) is 2. The molecule has 90 valence electrons. The Kier molecular flexibility index (Phi) is 5.12. The zero-order valence-electron chi connectivity index (χ0n) is 10.5. The molecule has 0 bridgehead atoms. The summed E-state index contributed by atoms with van der Waals surface area (Å²) in [6, 6.07) is 6.13. The van der Waals surface area contributed by atoms with E-state index in [0.29, 0.717) is 19.1 Å². The molecule has 0 radical (unpaired) electrons. The van der Waals surface area contributed by atoms with Crippen molar-refractivity contribution in [2.45, 2.75) is 26.7 Å². The van der Waals surface area contributed by atoms with Crippen LogP contribution in [0.3, 0.4) is 0 Å². The van der Waals surface area contributed by atoms with Crippen LogP contribution < -0.4 is 15.2 Å². The lowest BCUT2D eigenvalue weighted by atomic mass is 10.0. The molecule has 0 unspecified atom stereocenters. The van der Waals surface area contributed by atoms with Gasteiger partial charge in [0.2, 0.25) is 0 Å². The zero-order valence-corrected chi connectivity index (χ0v) is 10.5. The van der Waals surface area contributed by atoms with Crippen molar-refractivity contribution >= 4 is 0 Å². The van der Waals surface area contributed by atoms with E-state index in [0.717, 1.165) is 18.0 Å². The largest absolute Gasteiger partial charge is 0.490 e. The van der Waals surface area contributed by atoms with E-state index in [9.17, 15) is 0 Å². The number of benzene rings is 1. The van der Waals surface area contributed by atoms with Crippen molar-refractivity contribution in [3.8, 4) is 11.5 Å². The quantitative estimate of drug-likeness (QED) is 0.801. The maximum atomic E-state index is 5.58. The van der Waals surface area contributed by atoms with Crippen molar-refractivity contribution in [2.75, 3.05) is 19.8 Å². The van der Waals surface area contributed by atoms with Gasteiger partial charge in [-0.3, -0.25) is 0 Å². The Bertz CT molecular complexity index is 326. The van der Waals surface area contributed by atoms with E-state index >= 15 is 0 Å². The maximum absolute atomic E-state index is 5.58. The molecule has 1 aromatic rings. The maximum Gasteiger partial charge on any atom is 0.161 e. The Balaban J connectivity index is 2.96. The number of ether oxygens (including phenoxy) is 2. The third-order valence-electron chi connectivity index (χ3n) is 2.57. The first-order valence-corrected chi connectivity index (χ1v) is 5.91. The second kappa shape index (κ2) is 6.38. The van der Waals surface area contributed by atoms with E-state index in [1.165, 1.54) is 5.56 Å². The third kappa shape index (κ3) is 3.14. The Morgan fingerprint density at radius 1 is 1.12 bits per heavy atom. The van der Waals surface area contributed by atoms with Crippen LogP contribution in [0, 0.1) is 0 Å². The summed E-state index contributed by atoms with van der Waals surface area (Å²) in [5.41, 5.74) is 5.18. The van der Waals surface area contributed by atoms with Gasteiger partial charge in [0.25, 0.3) is 0 Å². The molecule has 1 aromatic carbocycles. The molecule has 3 nitrogen and oxygen atoms in total. The molecule has 3 heteroatoms. The molecule has 0 saturated heterocycles. The van der Waals surface area contributed by atoms with Gasteiger partial charge in [0.15, 0.2) is 11.5 Å². The molecule has 0 aromatic heterocycles. The van der Waals surface area contributed by atoms with E-state index in [1.807, 2.05) is 19.9 Å². The summed E-state index contributed by atoms with van der Waals surface area (Å²) in [7, 11) is 0. The molecule has 0 amide bonds. The fourth-order valence-electron chi connectivity index (χ4n) is 1.54. The highest BCUT2D eigenvalue weighted by atomic mass is 16.5. The molecular formula is C13H22NO2+. The Labute approximate surface area is 97.6 Å². The number of quaternary nitrogens is 1. The van der Waals surface area contributed by atoms with Crippen molar-refractivity contribution in [3.05, 3.63) is 23.8 Å². The second-order valence-corrected chi connectivity index (χ2v) is 3.76. The Hall–Kier alpha value is -1.22. The fraction of sp³-hybridized carbons (Fsp3) is 0.538. The van der Waals surface area contributed by atoms with Crippen LogP contribution in [0.5, 0.6) is 11.5 Å². The Morgan fingerprint density at radius 3 is 2.31 bits per heavy atom. The van der Waals surface area contributed by atoms with Gasteiger partial charge in [-0.1, -0.05) is 13.0 Å². The van der Waals surface area contributed by atoms with Crippen molar-refractivity contribution in [1.82, 2.24) is 0 Å². The van der Waals surface area contributed by atoms with E-state index in [1.54, 1.807) is 0 Å². The average Bonchev–Trinajstić information content (AvgIpc) is 2.31. The normalized spacial score (nSPS) is 12.2. The molecular weight excluding hydrogens is 202 g/mol. The van der Waals surface area contributed by atoms with Gasteiger partial charge in [0.05, 0.1) is 19.8 Å². The predicted octanol–water partition coefficient (Wildman–Crippen LogP) is 1.83. The lowest BCUT2D eigenvalue weighted by Crippen LogP contribution is -2.52. The van der Waals surface area contributed by atoms with E-state index in [-0.39, 0.29) is 0 Å². The minimum atomic E-state index is 0.454. The van der Waals surface area contributed by atoms with Gasteiger partial charge < -0.3 is 15.2 Å². The van der Waals surface area contributed by atoms with Crippen LogP contribution in [-0.2, 0) is 0 Å². The SMILES string of the molecule is CCOc1ccc([C@H](C)C[NH3+])cc1OCC. The first-order valence-electron chi connectivity index (χ1n) is 5.91. The van der Waals surface area contributed by atoms with E-state index < -0.39 is 0 Å². The molecule has 0 spiro atoms. The van der Waals surface area contributed by atoms with E-state index in [2.05, 4.69) is 24.8 Å². The standard InChI is InChI=1S/C13H21NO2/c1-4-15-12-7-6-11(10(3)9-14)8-13(12)16-5-2/h6-8,10H,4-5,9,14H2,1-3H3/p+1/t10-/m1/s1. The van der Waals surface area contributed by atoms with Crippen molar-refractivity contribution in [3.63, 3.8) is 0 Å².